The number of nitrogens with one attached hydrogen (secondary N) is 1. The third kappa shape index (κ3) is 4.23. The number of rotatable bonds is 4. The van der Waals surface area contributed by atoms with Gasteiger partial charge in [0.1, 0.15) is 4.88 Å². The zero-order valence-electron chi connectivity index (χ0n) is 11.4. The van der Waals surface area contributed by atoms with Gasteiger partial charge in [0.05, 0.1) is 5.69 Å². The lowest BCUT2D eigenvalue weighted by atomic mass is 10.1. The van der Waals surface area contributed by atoms with E-state index in [1.54, 1.807) is 11.4 Å². The van der Waals surface area contributed by atoms with Crippen LogP contribution in [0.3, 0.4) is 0 Å². The molecule has 0 atom stereocenters. The van der Waals surface area contributed by atoms with Crippen molar-refractivity contribution >= 4 is 28.9 Å². The quantitative estimate of drug-likeness (QED) is 0.660. The highest BCUT2D eigenvalue weighted by molar-refractivity contribution is 7.12. The lowest BCUT2D eigenvalue weighted by Gasteiger charge is -2.16. The molecule has 0 unspecified atom stereocenters. The zero-order chi connectivity index (χ0) is 14.4. The van der Waals surface area contributed by atoms with Crippen molar-refractivity contribution in [2.75, 3.05) is 12.3 Å². The number of hydrogen-bond acceptors (Lipinski definition) is 5. The van der Waals surface area contributed by atoms with Gasteiger partial charge in [-0.2, -0.15) is 0 Å². The van der Waals surface area contributed by atoms with Crippen molar-refractivity contribution in [1.82, 2.24) is 5.32 Å². The fourth-order valence-corrected chi connectivity index (χ4v) is 3.08. The van der Waals surface area contributed by atoms with Gasteiger partial charge in [-0.25, -0.2) is 4.79 Å². The predicted molar refractivity (Wildman–Crippen MR) is 78.6 cm³/mol. The number of nitrogen functional groups attached to an aromatic ring is 1. The minimum absolute atomic E-state index is 0.218. The highest BCUT2D eigenvalue weighted by atomic mass is 32.1. The molecule has 0 aromatic carbocycles. The Hall–Kier alpha value is -1.56. The average molecular weight is 296 g/mol. The van der Waals surface area contributed by atoms with Gasteiger partial charge >= 0.3 is 5.97 Å². The normalized spacial score (nSPS) is 16.4. The molecule has 0 spiro atoms. The number of carbonyl (C=O) groups excluding carboxylic acids is 2. The summed E-state index contributed by atoms with van der Waals surface area (Å²) in [5.41, 5.74) is 6.02. The Morgan fingerprint density at radius 1 is 1.30 bits per heavy atom. The van der Waals surface area contributed by atoms with Crippen molar-refractivity contribution in [2.45, 2.75) is 44.6 Å². The van der Waals surface area contributed by atoms with Crippen molar-refractivity contribution in [3.63, 3.8) is 0 Å². The maximum atomic E-state index is 11.8. The Morgan fingerprint density at radius 3 is 2.60 bits per heavy atom. The Kier molecular flexibility index (Phi) is 5.40. The van der Waals surface area contributed by atoms with E-state index in [0.717, 1.165) is 25.7 Å². The first-order valence-corrected chi connectivity index (χ1v) is 7.84. The van der Waals surface area contributed by atoms with Crippen molar-refractivity contribution in [2.24, 2.45) is 0 Å². The monoisotopic (exact) mass is 296 g/mol. The summed E-state index contributed by atoms with van der Waals surface area (Å²) in [5.74, 6) is -0.770. The second kappa shape index (κ2) is 7.28. The molecule has 2 rings (SSSR count). The molecule has 3 N–H and O–H groups in total. The van der Waals surface area contributed by atoms with E-state index in [0.29, 0.717) is 10.6 Å². The van der Waals surface area contributed by atoms with Gasteiger partial charge in [0, 0.05) is 6.04 Å². The largest absolute Gasteiger partial charge is 0.451 e. The second-order valence-electron chi connectivity index (χ2n) is 5.04. The Labute approximate surface area is 122 Å². The van der Waals surface area contributed by atoms with Gasteiger partial charge in [-0.15, -0.1) is 11.3 Å². The Bertz CT molecular complexity index is 465. The van der Waals surface area contributed by atoms with Gasteiger partial charge in [0.15, 0.2) is 6.61 Å². The summed E-state index contributed by atoms with van der Waals surface area (Å²) < 4.78 is 4.98. The van der Waals surface area contributed by atoms with Crippen LogP contribution in [0, 0.1) is 0 Å². The van der Waals surface area contributed by atoms with E-state index < -0.39 is 5.97 Å². The maximum absolute atomic E-state index is 11.8. The number of anilines is 1. The highest BCUT2D eigenvalue weighted by Gasteiger charge is 2.17. The number of carbonyl (C=O) groups is 2. The second-order valence-corrected chi connectivity index (χ2v) is 5.95. The standard InChI is InChI=1S/C14H20N2O3S/c15-11-7-8-20-13(11)14(18)19-9-12(17)16-10-5-3-1-2-4-6-10/h7-8,10H,1-6,9,15H2,(H,16,17). The van der Waals surface area contributed by atoms with Crippen LogP contribution in [0.15, 0.2) is 11.4 Å². The van der Waals surface area contributed by atoms with Crippen LogP contribution in [0.25, 0.3) is 0 Å². The fraction of sp³-hybridized carbons (Fsp3) is 0.571. The summed E-state index contributed by atoms with van der Waals surface area (Å²) in [6, 6.07) is 1.86. The topological polar surface area (TPSA) is 81.4 Å². The minimum Gasteiger partial charge on any atom is -0.451 e. The molecular weight excluding hydrogens is 276 g/mol. The molecule has 1 aromatic rings. The third-order valence-electron chi connectivity index (χ3n) is 3.44. The molecule has 1 amide bonds. The van der Waals surface area contributed by atoms with E-state index in [1.165, 1.54) is 24.2 Å². The number of thiophene rings is 1. The molecule has 20 heavy (non-hydrogen) atoms. The summed E-state index contributed by atoms with van der Waals surface area (Å²) in [6.07, 6.45) is 6.79. The van der Waals surface area contributed by atoms with E-state index in [4.69, 9.17) is 10.5 Å². The Morgan fingerprint density at radius 2 is 2.00 bits per heavy atom. The van der Waals surface area contributed by atoms with E-state index in [-0.39, 0.29) is 18.6 Å². The molecule has 1 saturated carbocycles. The Balaban J connectivity index is 1.74. The smallest absolute Gasteiger partial charge is 0.350 e. The van der Waals surface area contributed by atoms with Crippen LogP contribution in [-0.4, -0.2) is 24.5 Å². The molecule has 0 saturated heterocycles. The average Bonchev–Trinajstić information content (AvgIpc) is 2.70. The molecule has 110 valence electrons. The van der Waals surface area contributed by atoms with Gasteiger partial charge in [0.25, 0.3) is 5.91 Å². The first kappa shape index (κ1) is 14.8. The van der Waals surface area contributed by atoms with Crippen LogP contribution in [0.1, 0.15) is 48.2 Å². The van der Waals surface area contributed by atoms with Crippen LogP contribution in [-0.2, 0) is 9.53 Å². The van der Waals surface area contributed by atoms with Crippen LogP contribution < -0.4 is 11.1 Å². The van der Waals surface area contributed by atoms with Crippen molar-refractivity contribution in [3.05, 3.63) is 16.3 Å². The summed E-state index contributed by atoms with van der Waals surface area (Å²) in [6.45, 7) is -0.243. The van der Waals surface area contributed by atoms with Gasteiger partial charge in [-0.1, -0.05) is 25.7 Å². The number of esters is 1. The number of ether oxygens (including phenoxy) is 1. The summed E-state index contributed by atoms with van der Waals surface area (Å²) in [4.78, 5) is 23.8. The van der Waals surface area contributed by atoms with E-state index in [9.17, 15) is 9.59 Å². The van der Waals surface area contributed by atoms with Crippen molar-refractivity contribution < 1.29 is 14.3 Å². The molecule has 1 aliphatic rings. The molecule has 0 bridgehead atoms. The summed E-state index contributed by atoms with van der Waals surface area (Å²) in [7, 11) is 0. The third-order valence-corrected chi connectivity index (χ3v) is 4.35. The molecule has 1 fully saturated rings. The van der Waals surface area contributed by atoms with Gasteiger partial charge < -0.3 is 15.8 Å². The molecular formula is C14H20N2O3S. The first-order chi connectivity index (χ1) is 9.66. The van der Waals surface area contributed by atoms with Crippen molar-refractivity contribution in [1.29, 1.82) is 0 Å². The van der Waals surface area contributed by atoms with Crippen LogP contribution >= 0.6 is 11.3 Å². The molecule has 5 nitrogen and oxygen atoms in total. The molecule has 1 aliphatic carbocycles. The van der Waals surface area contributed by atoms with Crippen LogP contribution in [0.5, 0.6) is 0 Å². The van der Waals surface area contributed by atoms with E-state index >= 15 is 0 Å². The molecule has 6 heteroatoms. The molecule has 0 radical (unpaired) electrons. The zero-order valence-corrected chi connectivity index (χ0v) is 12.2. The van der Waals surface area contributed by atoms with Crippen molar-refractivity contribution in [3.8, 4) is 0 Å². The lowest BCUT2D eigenvalue weighted by molar-refractivity contribution is -0.125. The molecule has 1 heterocycles. The van der Waals surface area contributed by atoms with Gasteiger partial charge in [-0.05, 0) is 24.3 Å². The van der Waals surface area contributed by atoms with Crippen LogP contribution in [0.4, 0.5) is 5.69 Å². The van der Waals surface area contributed by atoms with Crippen LogP contribution in [0.2, 0.25) is 0 Å². The number of hydrogen-bond donors (Lipinski definition) is 2. The first-order valence-electron chi connectivity index (χ1n) is 6.96. The number of nitrogens with two attached hydrogens (primary N) is 1. The fourth-order valence-electron chi connectivity index (χ4n) is 2.37. The van der Waals surface area contributed by atoms with Gasteiger partial charge in [0.2, 0.25) is 0 Å². The number of amides is 1. The molecule has 1 aromatic heterocycles. The lowest BCUT2D eigenvalue weighted by Crippen LogP contribution is -2.37. The summed E-state index contributed by atoms with van der Waals surface area (Å²) >= 11 is 1.22. The SMILES string of the molecule is Nc1ccsc1C(=O)OCC(=O)NC1CCCCCC1. The van der Waals surface area contributed by atoms with Gasteiger partial charge in [-0.3, -0.25) is 4.79 Å². The maximum Gasteiger partial charge on any atom is 0.350 e. The van der Waals surface area contributed by atoms with E-state index in [2.05, 4.69) is 5.32 Å². The highest BCUT2D eigenvalue weighted by Crippen LogP contribution is 2.20. The summed E-state index contributed by atoms with van der Waals surface area (Å²) in [5, 5.41) is 4.65. The predicted octanol–water partition coefficient (Wildman–Crippen LogP) is 2.33. The minimum atomic E-state index is -0.534. The molecule has 0 aliphatic heterocycles. The van der Waals surface area contributed by atoms with E-state index in [1.807, 2.05) is 0 Å².